The molecule has 0 fully saturated rings. The smallest absolute Gasteiger partial charge is 0.313 e. The van der Waals surface area contributed by atoms with Crippen LogP contribution in [0.3, 0.4) is 0 Å². The molecule has 0 unspecified atom stereocenters. The van der Waals surface area contributed by atoms with E-state index in [4.69, 9.17) is 21.4 Å². The first-order valence-corrected chi connectivity index (χ1v) is 9.35. The lowest BCUT2D eigenvalue weighted by Crippen LogP contribution is -2.08. The molecule has 24 heavy (non-hydrogen) atoms. The number of hydrogen-bond acceptors (Lipinski definition) is 5. The summed E-state index contributed by atoms with van der Waals surface area (Å²) in [6, 6.07) is 1.87. The van der Waals surface area contributed by atoms with Crippen LogP contribution in [-0.4, -0.2) is 31.6 Å². The number of rotatable bonds is 7. The minimum atomic E-state index is -0.889. The first-order valence-electron chi connectivity index (χ1n) is 7.19. The molecule has 0 spiro atoms. The third-order valence-corrected chi connectivity index (χ3v) is 5.88. The van der Waals surface area contributed by atoms with Gasteiger partial charge in [0.2, 0.25) is 0 Å². The number of nitrogens with zero attached hydrogens (tertiary/aromatic N) is 3. The molecule has 2 rings (SSSR count). The number of benzene rings is 1. The van der Waals surface area contributed by atoms with E-state index in [0.717, 1.165) is 27.4 Å². The second-order valence-corrected chi connectivity index (χ2v) is 7.17. The van der Waals surface area contributed by atoms with Gasteiger partial charge in [0.15, 0.2) is 11.0 Å². The van der Waals surface area contributed by atoms with Crippen LogP contribution >= 0.6 is 39.3 Å². The molecule has 2 aromatic rings. The fourth-order valence-corrected chi connectivity index (χ4v) is 3.56. The number of carboxylic acids is 1. The maximum atomic E-state index is 10.7. The van der Waals surface area contributed by atoms with Gasteiger partial charge in [-0.2, -0.15) is 0 Å². The molecular weight excluding hydrogens is 418 g/mol. The van der Waals surface area contributed by atoms with E-state index in [-0.39, 0.29) is 12.4 Å². The van der Waals surface area contributed by atoms with Gasteiger partial charge in [0, 0.05) is 11.6 Å². The second-order valence-electron chi connectivity index (χ2n) is 5.06. The van der Waals surface area contributed by atoms with Crippen molar-refractivity contribution in [2.24, 2.45) is 0 Å². The van der Waals surface area contributed by atoms with Gasteiger partial charge >= 0.3 is 5.97 Å². The summed E-state index contributed by atoms with van der Waals surface area (Å²) in [4.78, 5) is 10.7. The first kappa shape index (κ1) is 19.1. The highest BCUT2D eigenvalue weighted by Gasteiger charge is 2.15. The summed E-state index contributed by atoms with van der Waals surface area (Å²) in [5.41, 5.74) is 1.85. The standard InChI is InChI=1S/C15H17BrClN3O3S/c1-4-20-11(18-19-15(20)24-7-12(21)22)6-23-10-5-8(2)14(17)9(3)13(10)16/h5H,4,6-7H2,1-3H3,(H,21,22). The van der Waals surface area contributed by atoms with Crippen LogP contribution < -0.4 is 4.74 Å². The van der Waals surface area contributed by atoms with Crippen LogP contribution in [0.2, 0.25) is 5.02 Å². The Bertz CT molecular complexity index is 767. The van der Waals surface area contributed by atoms with Gasteiger partial charge in [-0.1, -0.05) is 23.4 Å². The van der Waals surface area contributed by atoms with Gasteiger partial charge in [-0.15, -0.1) is 10.2 Å². The predicted molar refractivity (Wildman–Crippen MR) is 97.0 cm³/mol. The zero-order chi connectivity index (χ0) is 17.9. The monoisotopic (exact) mass is 433 g/mol. The molecule has 0 bridgehead atoms. The van der Waals surface area contributed by atoms with Crippen molar-refractivity contribution >= 4 is 45.3 Å². The summed E-state index contributed by atoms with van der Waals surface area (Å²) >= 11 is 10.9. The van der Waals surface area contributed by atoms with Crippen molar-refractivity contribution in [2.75, 3.05) is 5.75 Å². The molecule has 0 amide bonds. The van der Waals surface area contributed by atoms with Crippen LogP contribution in [0.4, 0.5) is 0 Å². The van der Waals surface area contributed by atoms with E-state index in [1.54, 1.807) is 0 Å². The number of aryl methyl sites for hydroxylation is 1. The van der Waals surface area contributed by atoms with Crippen LogP contribution in [0, 0.1) is 13.8 Å². The molecule has 6 nitrogen and oxygen atoms in total. The second kappa shape index (κ2) is 8.22. The van der Waals surface area contributed by atoms with Crippen LogP contribution in [0.5, 0.6) is 5.75 Å². The minimum Gasteiger partial charge on any atom is -0.484 e. The number of ether oxygens (including phenoxy) is 1. The number of aromatic nitrogens is 3. The lowest BCUT2D eigenvalue weighted by atomic mass is 10.1. The maximum absolute atomic E-state index is 10.7. The average Bonchev–Trinajstić information content (AvgIpc) is 2.95. The third-order valence-electron chi connectivity index (χ3n) is 3.36. The number of thioether (sulfide) groups is 1. The highest BCUT2D eigenvalue weighted by atomic mass is 79.9. The Labute approximate surface area is 157 Å². The molecule has 130 valence electrons. The lowest BCUT2D eigenvalue weighted by Gasteiger charge is -2.13. The molecule has 0 radical (unpaired) electrons. The molecule has 1 aromatic heterocycles. The van der Waals surface area contributed by atoms with Gasteiger partial charge in [0.05, 0.1) is 10.2 Å². The molecule has 0 aliphatic heterocycles. The number of carboxylic acid groups (broad SMARTS) is 1. The van der Waals surface area contributed by atoms with Gasteiger partial charge in [-0.05, 0) is 53.9 Å². The fraction of sp³-hybridized carbons (Fsp3) is 0.400. The van der Waals surface area contributed by atoms with Gasteiger partial charge in [0.25, 0.3) is 0 Å². The highest BCUT2D eigenvalue weighted by Crippen LogP contribution is 2.36. The molecule has 9 heteroatoms. The quantitative estimate of drug-likeness (QED) is 0.662. The molecule has 0 saturated heterocycles. The molecule has 0 aliphatic rings. The zero-order valence-corrected chi connectivity index (χ0v) is 16.6. The van der Waals surface area contributed by atoms with E-state index in [0.29, 0.717) is 28.3 Å². The summed E-state index contributed by atoms with van der Waals surface area (Å²) in [6.45, 7) is 6.65. The van der Waals surface area contributed by atoms with Crippen molar-refractivity contribution in [1.82, 2.24) is 14.8 Å². The van der Waals surface area contributed by atoms with Crippen molar-refractivity contribution < 1.29 is 14.6 Å². The molecule has 1 aromatic carbocycles. The molecular formula is C15H17BrClN3O3S. The number of carbonyl (C=O) groups is 1. The van der Waals surface area contributed by atoms with Crippen LogP contribution in [0.1, 0.15) is 23.9 Å². The zero-order valence-electron chi connectivity index (χ0n) is 13.5. The Morgan fingerprint density at radius 3 is 2.79 bits per heavy atom. The van der Waals surface area contributed by atoms with Crippen LogP contribution in [0.25, 0.3) is 0 Å². The minimum absolute atomic E-state index is 0.0554. The van der Waals surface area contributed by atoms with E-state index >= 15 is 0 Å². The molecule has 1 N–H and O–H groups in total. The SMILES string of the molecule is CCn1c(COc2cc(C)c(Cl)c(C)c2Br)nnc1SCC(=O)O. The van der Waals surface area contributed by atoms with E-state index in [9.17, 15) is 4.79 Å². The molecule has 0 atom stereocenters. The van der Waals surface area contributed by atoms with E-state index in [1.165, 1.54) is 0 Å². The van der Waals surface area contributed by atoms with Gasteiger partial charge in [-0.25, -0.2) is 0 Å². The van der Waals surface area contributed by atoms with Crippen molar-refractivity contribution in [3.63, 3.8) is 0 Å². The predicted octanol–water partition coefficient (Wildman–Crippen LogP) is 4.09. The third kappa shape index (κ3) is 4.23. The van der Waals surface area contributed by atoms with Crippen molar-refractivity contribution in [3.8, 4) is 5.75 Å². The summed E-state index contributed by atoms with van der Waals surface area (Å²) in [7, 11) is 0. The van der Waals surface area contributed by atoms with Crippen molar-refractivity contribution in [1.29, 1.82) is 0 Å². The normalized spacial score (nSPS) is 10.9. The Morgan fingerprint density at radius 1 is 1.46 bits per heavy atom. The van der Waals surface area contributed by atoms with Gasteiger partial charge in [0.1, 0.15) is 12.4 Å². The number of halogens is 2. The molecule has 0 saturated carbocycles. The maximum Gasteiger partial charge on any atom is 0.313 e. The van der Waals surface area contributed by atoms with Crippen LogP contribution in [0.15, 0.2) is 15.7 Å². The topological polar surface area (TPSA) is 77.2 Å². The highest BCUT2D eigenvalue weighted by molar-refractivity contribution is 9.10. The van der Waals surface area contributed by atoms with Crippen molar-refractivity contribution in [2.45, 2.75) is 39.1 Å². The Hall–Kier alpha value is -1.25. The summed E-state index contributed by atoms with van der Waals surface area (Å²) < 4.78 is 8.52. The van der Waals surface area contributed by atoms with Crippen LogP contribution in [-0.2, 0) is 17.9 Å². The van der Waals surface area contributed by atoms with E-state index in [1.807, 2.05) is 31.4 Å². The molecule has 1 heterocycles. The fourth-order valence-electron chi connectivity index (χ4n) is 2.12. The van der Waals surface area contributed by atoms with E-state index in [2.05, 4.69) is 26.1 Å². The van der Waals surface area contributed by atoms with Gasteiger partial charge < -0.3 is 14.4 Å². The van der Waals surface area contributed by atoms with Crippen molar-refractivity contribution in [3.05, 3.63) is 32.5 Å². The molecule has 0 aliphatic carbocycles. The number of hydrogen-bond donors (Lipinski definition) is 1. The number of aliphatic carboxylic acids is 1. The Balaban J connectivity index is 2.17. The lowest BCUT2D eigenvalue weighted by molar-refractivity contribution is -0.133. The summed E-state index contributed by atoms with van der Waals surface area (Å²) in [5, 5.41) is 18.2. The first-order chi connectivity index (χ1) is 11.3. The Morgan fingerprint density at radius 2 is 2.17 bits per heavy atom. The summed E-state index contributed by atoms with van der Waals surface area (Å²) in [6.07, 6.45) is 0. The Kier molecular flexibility index (Phi) is 6.54. The summed E-state index contributed by atoms with van der Waals surface area (Å²) in [5.74, 6) is 0.377. The largest absolute Gasteiger partial charge is 0.484 e. The van der Waals surface area contributed by atoms with E-state index < -0.39 is 5.97 Å². The average molecular weight is 435 g/mol. The van der Waals surface area contributed by atoms with Gasteiger partial charge in [-0.3, -0.25) is 4.79 Å².